The van der Waals surface area contributed by atoms with Crippen molar-refractivity contribution in [3.8, 4) is 0 Å². The van der Waals surface area contributed by atoms with Gasteiger partial charge in [-0.15, -0.1) is 0 Å². The van der Waals surface area contributed by atoms with E-state index < -0.39 is 0 Å². The van der Waals surface area contributed by atoms with Crippen LogP contribution in [0.15, 0.2) is 4.99 Å². The average molecular weight is 182 g/mol. The van der Waals surface area contributed by atoms with Gasteiger partial charge in [0, 0.05) is 19.1 Å². The molecule has 1 fully saturated rings. The first-order valence-corrected chi connectivity index (χ1v) is 5.65. The Morgan fingerprint density at radius 1 is 1.23 bits per heavy atom. The third kappa shape index (κ3) is 2.45. The van der Waals surface area contributed by atoms with E-state index in [1.165, 1.54) is 38.1 Å². The van der Waals surface area contributed by atoms with Crippen molar-refractivity contribution < 1.29 is 0 Å². The Labute approximate surface area is 82.0 Å². The summed E-state index contributed by atoms with van der Waals surface area (Å²) in [4.78, 5) is 6.95. The molecule has 13 heavy (non-hydrogen) atoms. The van der Waals surface area contributed by atoms with Crippen molar-refractivity contribution in [1.82, 2.24) is 4.90 Å². The van der Waals surface area contributed by atoms with Crippen LogP contribution in [0.25, 0.3) is 0 Å². The van der Waals surface area contributed by atoms with Crippen LogP contribution < -0.4 is 0 Å². The van der Waals surface area contributed by atoms with Gasteiger partial charge >= 0.3 is 0 Å². The minimum absolute atomic E-state index is 0.834. The Balaban J connectivity index is 0.000000396. The second-order valence-electron chi connectivity index (χ2n) is 3.56. The molecule has 2 nitrogen and oxygen atoms in total. The highest BCUT2D eigenvalue weighted by Gasteiger charge is 2.24. The van der Waals surface area contributed by atoms with Gasteiger partial charge in [-0.2, -0.15) is 0 Å². The van der Waals surface area contributed by atoms with E-state index in [1.54, 1.807) is 0 Å². The van der Waals surface area contributed by atoms with Crippen molar-refractivity contribution >= 4 is 5.84 Å². The molecular weight excluding hydrogens is 160 g/mol. The maximum atomic E-state index is 4.46. The minimum Gasteiger partial charge on any atom is -0.358 e. The number of rotatable bonds is 0. The lowest BCUT2D eigenvalue weighted by Crippen LogP contribution is -2.45. The molecule has 1 unspecified atom stereocenters. The molecule has 0 radical (unpaired) electrons. The highest BCUT2D eigenvalue weighted by Crippen LogP contribution is 2.22. The predicted molar refractivity (Wildman–Crippen MR) is 58.3 cm³/mol. The molecule has 0 amide bonds. The molecule has 1 saturated heterocycles. The molecule has 1 atom stereocenters. The summed E-state index contributed by atoms with van der Waals surface area (Å²) in [5, 5.41) is 0. The molecule has 2 heteroatoms. The molecule has 0 bridgehead atoms. The van der Waals surface area contributed by atoms with Gasteiger partial charge in [0.2, 0.25) is 0 Å². The highest BCUT2D eigenvalue weighted by atomic mass is 15.2. The summed E-state index contributed by atoms with van der Waals surface area (Å²) in [7, 11) is 0. The van der Waals surface area contributed by atoms with E-state index in [-0.39, 0.29) is 0 Å². The topological polar surface area (TPSA) is 15.6 Å². The van der Waals surface area contributed by atoms with E-state index in [4.69, 9.17) is 0 Å². The van der Waals surface area contributed by atoms with Gasteiger partial charge in [-0.25, -0.2) is 0 Å². The Bertz CT molecular complexity index is 175. The molecule has 2 heterocycles. The van der Waals surface area contributed by atoms with Crippen LogP contribution in [0.2, 0.25) is 0 Å². The monoisotopic (exact) mass is 182 g/mol. The fourth-order valence-electron chi connectivity index (χ4n) is 2.19. The van der Waals surface area contributed by atoms with Gasteiger partial charge in [0.15, 0.2) is 0 Å². The summed E-state index contributed by atoms with van der Waals surface area (Å²) >= 11 is 0. The summed E-state index contributed by atoms with van der Waals surface area (Å²) < 4.78 is 0. The molecule has 2 aliphatic rings. The smallest absolute Gasteiger partial charge is 0.0960 e. The van der Waals surface area contributed by atoms with Crippen molar-refractivity contribution in [2.75, 3.05) is 13.1 Å². The molecule has 0 N–H and O–H groups in total. The first-order chi connectivity index (χ1) is 6.38. The van der Waals surface area contributed by atoms with E-state index >= 15 is 0 Å². The Hall–Kier alpha value is -0.530. The second kappa shape index (κ2) is 5.25. The van der Waals surface area contributed by atoms with Crippen molar-refractivity contribution in [3.63, 3.8) is 0 Å². The van der Waals surface area contributed by atoms with Gasteiger partial charge in [0.25, 0.3) is 0 Å². The molecular formula is C11H22N2. The summed E-state index contributed by atoms with van der Waals surface area (Å²) in [6, 6.07) is 0.834. The fraction of sp³-hybridized carbons (Fsp3) is 0.909. The van der Waals surface area contributed by atoms with Crippen LogP contribution in [0.1, 0.15) is 46.5 Å². The number of aliphatic imine (C=N–C) groups is 1. The number of hydrogen-bond donors (Lipinski definition) is 0. The van der Waals surface area contributed by atoms with Crippen LogP contribution in [-0.4, -0.2) is 29.9 Å². The zero-order chi connectivity index (χ0) is 9.68. The van der Waals surface area contributed by atoms with Crippen LogP contribution >= 0.6 is 0 Å². The van der Waals surface area contributed by atoms with Crippen LogP contribution in [0.4, 0.5) is 0 Å². The molecule has 0 saturated carbocycles. The van der Waals surface area contributed by atoms with Crippen LogP contribution in [0.5, 0.6) is 0 Å². The molecule has 0 aromatic heterocycles. The lowest BCUT2D eigenvalue weighted by atomic mass is 9.98. The van der Waals surface area contributed by atoms with Gasteiger partial charge in [-0.1, -0.05) is 13.8 Å². The molecule has 0 spiro atoms. The predicted octanol–water partition coefficient (Wildman–Crippen LogP) is 2.69. The largest absolute Gasteiger partial charge is 0.358 e. The van der Waals surface area contributed by atoms with E-state index in [9.17, 15) is 0 Å². The lowest BCUT2D eigenvalue weighted by Gasteiger charge is -2.39. The second-order valence-corrected chi connectivity index (χ2v) is 3.56. The summed E-state index contributed by atoms with van der Waals surface area (Å²) in [5.41, 5.74) is 0. The molecule has 2 aliphatic heterocycles. The summed E-state index contributed by atoms with van der Waals surface area (Å²) in [6.45, 7) is 8.46. The minimum atomic E-state index is 0.834. The maximum absolute atomic E-state index is 4.46. The highest BCUT2D eigenvalue weighted by molar-refractivity contribution is 5.80. The van der Waals surface area contributed by atoms with Gasteiger partial charge in [0.1, 0.15) is 0 Å². The van der Waals surface area contributed by atoms with Crippen molar-refractivity contribution in [2.24, 2.45) is 4.99 Å². The molecule has 0 aliphatic carbocycles. The van der Waals surface area contributed by atoms with Gasteiger partial charge in [-0.3, -0.25) is 4.99 Å². The van der Waals surface area contributed by atoms with Gasteiger partial charge < -0.3 is 4.90 Å². The van der Waals surface area contributed by atoms with Crippen LogP contribution in [0.3, 0.4) is 0 Å². The third-order valence-electron chi connectivity index (χ3n) is 2.85. The molecule has 2 rings (SSSR count). The quantitative estimate of drug-likeness (QED) is 0.562. The first-order valence-electron chi connectivity index (χ1n) is 5.65. The molecule has 0 aromatic carbocycles. The fourth-order valence-corrected chi connectivity index (χ4v) is 2.19. The lowest BCUT2D eigenvalue weighted by molar-refractivity contribution is 0.219. The standard InChI is InChI=1S/C9H16N2.C2H6/c1-8-10-6-5-9-4-2-3-7-11(8)9;1-2/h9H,2-7H2,1H3;1-2H3. The van der Waals surface area contributed by atoms with Crippen LogP contribution in [0, 0.1) is 0 Å². The number of hydrogen-bond acceptors (Lipinski definition) is 2. The number of piperidine rings is 1. The first kappa shape index (κ1) is 10.6. The van der Waals surface area contributed by atoms with Gasteiger partial charge in [0.05, 0.1) is 5.84 Å². The zero-order valence-electron chi connectivity index (χ0n) is 9.21. The number of amidine groups is 1. The maximum Gasteiger partial charge on any atom is 0.0960 e. The average Bonchev–Trinajstić information content (AvgIpc) is 2.22. The Morgan fingerprint density at radius 3 is 2.69 bits per heavy atom. The SMILES string of the molecule is CC.CC1=NCCC2CCCCN12. The molecule has 76 valence electrons. The third-order valence-corrected chi connectivity index (χ3v) is 2.85. The normalized spacial score (nSPS) is 26.8. The zero-order valence-corrected chi connectivity index (χ0v) is 9.21. The number of nitrogens with zero attached hydrogens (tertiary/aromatic N) is 2. The summed E-state index contributed by atoms with van der Waals surface area (Å²) in [5.74, 6) is 1.28. The Morgan fingerprint density at radius 2 is 2.00 bits per heavy atom. The van der Waals surface area contributed by atoms with Gasteiger partial charge in [-0.05, 0) is 32.6 Å². The van der Waals surface area contributed by atoms with E-state index in [0.29, 0.717) is 0 Å². The summed E-state index contributed by atoms with van der Waals surface area (Å²) in [6.07, 6.45) is 5.47. The number of fused-ring (bicyclic) bond motifs is 1. The van der Waals surface area contributed by atoms with E-state index in [2.05, 4.69) is 16.8 Å². The van der Waals surface area contributed by atoms with Crippen LogP contribution in [-0.2, 0) is 0 Å². The van der Waals surface area contributed by atoms with E-state index in [0.717, 1.165) is 12.6 Å². The van der Waals surface area contributed by atoms with Crippen molar-refractivity contribution in [3.05, 3.63) is 0 Å². The Kier molecular flexibility index (Phi) is 4.26. The van der Waals surface area contributed by atoms with E-state index in [1.807, 2.05) is 13.8 Å². The van der Waals surface area contributed by atoms with Crippen molar-refractivity contribution in [1.29, 1.82) is 0 Å². The van der Waals surface area contributed by atoms with Crippen molar-refractivity contribution in [2.45, 2.75) is 52.5 Å². The molecule has 0 aromatic rings.